The van der Waals surface area contributed by atoms with Crippen molar-refractivity contribution in [1.29, 1.82) is 0 Å². The van der Waals surface area contributed by atoms with Gasteiger partial charge in [0.25, 0.3) is 0 Å². The largest absolute Gasteiger partial charge is 0.287 e. The molecule has 0 radical (unpaired) electrons. The summed E-state index contributed by atoms with van der Waals surface area (Å²) in [4.78, 5) is 16.5. The molecular formula is C14H13NOS. The minimum atomic E-state index is 0.0454. The van der Waals surface area contributed by atoms with E-state index in [-0.39, 0.29) is 5.78 Å². The van der Waals surface area contributed by atoms with Crippen LogP contribution in [0.5, 0.6) is 0 Å². The Bertz CT molecular complexity index is 586. The molecule has 2 aromatic rings. The fourth-order valence-electron chi connectivity index (χ4n) is 2.33. The van der Waals surface area contributed by atoms with Crippen LogP contribution < -0.4 is 0 Å². The van der Waals surface area contributed by atoms with Gasteiger partial charge in [0, 0.05) is 10.9 Å². The number of fused-ring (bicyclic) bond motifs is 1. The van der Waals surface area contributed by atoms with Gasteiger partial charge in [-0.1, -0.05) is 12.1 Å². The molecule has 0 spiro atoms. The highest BCUT2D eigenvalue weighted by Crippen LogP contribution is 2.24. The highest BCUT2D eigenvalue weighted by atomic mass is 32.1. The van der Waals surface area contributed by atoms with Crippen LogP contribution >= 0.6 is 11.3 Å². The van der Waals surface area contributed by atoms with E-state index < -0.39 is 0 Å². The number of benzene rings is 1. The molecule has 1 heterocycles. The molecule has 1 aromatic heterocycles. The number of carbonyl (C=O) groups excluding carboxylic acids is 1. The first-order valence-corrected chi connectivity index (χ1v) is 6.70. The second-order valence-corrected chi connectivity index (χ2v) is 5.48. The summed E-state index contributed by atoms with van der Waals surface area (Å²) in [6.45, 7) is 1.92. The van der Waals surface area contributed by atoms with E-state index in [0.717, 1.165) is 23.4 Å². The molecule has 3 rings (SSSR count). The predicted octanol–water partition coefficient (Wildman–Crippen LogP) is 3.17. The Morgan fingerprint density at radius 1 is 1.29 bits per heavy atom. The lowest BCUT2D eigenvalue weighted by Crippen LogP contribution is -2.02. The fraction of sp³-hybridized carbons (Fsp3) is 0.286. The molecule has 17 heavy (non-hydrogen) atoms. The summed E-state index contributed by atoms with van der Waals surface area (Å²) in [7, 11) is 0. The van der Waals surface area contributed by atoms with E-state index in [0.29, 0.717) is 5.69 Å². The minimum Gasteiger partial charge on any atom is -0.287 e. The molecule has 0 aliphatic heterocycles. The van der Waals surface area contributed by atoms with Crippen molar-refractivity contribution in [1.82, 2.24) is 4.98 Å². The van der Waals surface area contributed by atoms with Crippen molar-refractivity contribution in [3.8, 4) is 0 Å². The second-order valence-electron chi connectivity index (χ2n) is 4.42. The van der Waals surface area contributed by atoms with Gasteiger partial charge >= 0.3 is 0 Å². The van der Waals surface area contributed by atoms with Gasteiger partial charge in [0.1, 0.15) is 5.69 Å². The maximum absolute atomic E-state index is 12.2. The average molecular weight is 243 g/mol. The van der Waals surface area contributed by atoms with Crippen LogP contribution in [0.25, 0.3) is 0 Å². The van der Waals surface area contributed by atoms with Gasteiger partial charge in [0.2, 0.25) is 5.78 Å². The van der Waals surface area contributed by atoms with Crippen LogP contribution in [0.1, 0.15) is 38.6 Å². The lowest BCUT2D eigenvalue weighted by molar-refractivity contribution is 0.103. The van der Waals surface area contributed by atoms with Crippen molar-refractivity contribution >= 4 is 17.1 Å². The molecule has 1 aliphatic carbocycles. The standard InChI is InChI=1S/C14H13NOS/c1-9-15-13(8-17-9)14(16)12-6-5-10-3-2-4-11(10)7-12/h5-8H,2-4H2,1H3. The van der Waals surface area contributed by atoms with Gasteiger partial charge in [-0.25, -0.2) is 4.98 Å². The zero-order valence-electron chi connectivity index (χ0n) is 9.69. The summed E-state index contributed by atoms with van der Waals surface area (Å²) in [5.74, 6) is 0.0454. The third-order valence-electron chi connectivity index (χ3n) is 3.21. The number of aromatic nitrogens is 1. The summed E-state index contributed by atoms with van der Waals surface area (Å²) in [5.41, 5.74) is 4.08. The molecule has 0 atom stereocenters. The third-order valence-corrected chi connectivity index (χ3v) is 3.99. The summed E-state index contributed by atoms with van der Waals surface area (Å²) in [6.07, 6.45) is 3.47. The van der Waals surface area contributed by atoms with Gasteiger partial charge in [-0.2, -0.15) is 0 Å². The first kappa shape index (κ1) is 10.7. The maximum Gasteiger partial charge on any atom is 0.212 e. The summed E-state index contributed by atoms with van der Waals surface area (Å²) in [6, 6.07) is 6.06. The van der Waals surface area contributed by atoms with E-state index in [1.165, 1.54) is 28.9 Å². The van der Waals surface area contributed by atoms with Crippen molar-refractivity contribution < 1.29 is 4.79 Å². The number of rotatable bonds is 2. The van der Waals surface area contributed by atoms with Gasteiger partial charge in [0.15, 0.2) is 0 Å². The first-order chi connectivity index (χ1) is 8.24. The van der Waals surface area contributed by atoms with Gasteiger partial charge in [0.05, 0.1) is 5.01 Å². The Kier molecular flexibility index (Phi) is 2.56. The van der Waals surface area contributed by atoms with Crippen molar-refractivity contribution in [2.45, 2.75) is 26.2 Å². The highest BCUT2D eigenvalue weighted by molar-refractivity contribution is 7.09. The normalized spacial score (nSPS) is 13.7. The molecule has 0 unspecified atom stereocenters. The van der Waals surface area contributed by atoms with E-state index in [9.17, 15) is 4.79 Å². The zero-order chi connectivity index (χ0) is 11.8. The van der Waals surface area contributed by atoms with Crippen LogP contribution in [0.15, 0.2) is 23.6 Å². The summed E-state index contributed by atoms with van der Waals surface area (Å²) < 4.78 is 0. The molecule has 1 aromatic carbocycles. The number of hydrogen-bond donors (Lipinski definition) is 0. The van der Waals surface area contributed by atoms with Crippen molar-refractivity contribution in [3.63, 3.8) is 0 Å². The van der Waals surface area contributed by atoms with E-state index >= 15 is 0 Å². The van der Waals surface area contributed by atoms with Crippen molar-refractivity contribution in [2.75, 3.05) is 0 Å². The molecule has 0 bridgehead atoms. The summed E-state index contributed by atoms with van der Waals surface area (Å²) in [5, 5.41) is 2.78. The van der Waals surface area contributed by atoms with Crippen molar-refractivity contribution in [3.05, 3.63) is 51.0 Å². The van der Waals surface area contributed by atoms with Gasteiger partial charge in [-0.3, -0.25) is 4.79 Å². The number of hydrogen-bond acceptors (Lipinski definition) is 3. The quantitative estimate of drug-likeness (QED) is 0.758. The molecule has 86 valence electrons. The maximum atomic E-state index is 12.2. The number of thiazole rings is 1. The smallest absolute Gasteiger partial charge is 0.212 e. The molecule has 0 fully saturated rings. The van der Waals surface area contributed by atoms with Crippen LogP contribution in [0.4, 0.5) is 0 Å². The number of carbonyl (C=O) groups is 1. The van der Waals surface area contributed by atoms with Crippen LogP contribution in [0, 0.1) is 6.92 Å². The highest BCUT2D eigenvalue weighted by Gasteiger charge is 2.16. The lowest BCUT2D eigenvalue weighted by atomic mass is 10.0. The van der Waals surface area contributed by atoms with E-state index in [2.05, 4.69) is 11.1 Å². The third kappa shape index (κ3) is 1.91. The molecule has 0 amide bonds. The van der Waals surface area contributed by atoms with E-state index in [4.69, 9.17) is 0 Å². The molecule has 0 saturated carbocycles. The molecule has 1 aliphatic rings. The molecule has 0 saturated heterocycles. The van der Waals surface area contributed by atoms with E-state index in [1.54, 1.807) is 0 Å². The zero-order valence-corrected chi connectivity index (χ0v) is 10.5. The molecule has 3 heteroatoms. The summed E-state index contributed by atoms with van der Waals surface area (Å²) >= 11 is 1.52. The Morgan fingerprint density at radius 3 is 2.88 bits per heavy atom. The average Bonchev–Trinajstić information content (AvgIpc) is 2.95. The molecular weight excluding hydrogens is 230 g/mol. The first-order valence-electron chi connectivity index (χ1n) is 5.82. The number of aryl methyl sites for hydroxylation is 3. The minimum absolute atomic E-state index is 0.0454. The van der Waals surface area contributed by atoms with E-state index in [1.807, 2.05) is 24.4 Å². The van der Waals surface area contributed by atoms with Crippen LogP contribution in [-0.2, 0) is 12.8 Å². The Balaban J connectivity index is 1.97. The number of nitrogens with zero attached hydrogens (tertiary/aromatic N) is 1. The van der Waals surface area contributed by atoms with Gasteiger partial charge in [-0.05, 0) is 43.4 Å². The lowest BCUT2D eigenvalue weighted by Gasteiger charge is -2.02. The Labute approximate surface area is 104 Å². The topological polar surface area (TPSA) is 30.0 Å². The van der Waals surface area contributed by atoms with Gasteiger partial charge < -0.3 is 0 Å². The molecule has 0 N–H and O–H groups in total. The Morgan fingerprint density at radius 2 is 2.12 bits per heavy atom. The van der Waals surface area contributed by atoms with Gasteiger partial charge in [-0.15, -0.1) is 11.3 Å². The monoisotopic (exact) mass is 243 g/mol. The number of ketones is 1. The van der Waals surface area contributed by atoms with Crippen molar-refractivity contribution in [2.24, 2.45) is 0 Å². The fourth-order valence-corrected chi connectivity index (χ4v) is 2.92. The predicted molar refractivity (Wildman–Crippen MR) is 68.8 cm³/mol. The second kappa shape index (κ2) is 4.08. The van der Waals surface area contributed by atoms with Crippen LogP contribution in [0.3, 0.4) is 0 Å². The van der Waals surface area contributed by atoms with Crippen LogP contribution in [-0.4, -0.2) is 10.8 Å². The SMILES string of the molecule is Cc1nc(C(=O)c2ccc3c(c2)CCC3)cs1. The Hall–Kier alpha value is -1.48. The van der Waals surface area contributed by atoms with Crippen LogP contribution in [0.2, 0.25) is 0 Å². The molecule has 2 nitrogen and oxygen atoms in total.